The number of carboxylic acids is 2. The summed E-state index contributed by atoms with van der Waals surface area (Å²) in [5.41, 5.74) is -2.39. The van der Waals surface area contributed by atoms with Gasteiger partial charge in [0.1, 0.15) is 0 Å². The van der Waals surface area contributed by atoms with E-state index in [4.69, 9.17) is 10.2 Å². The topological polar surface area (TPSA) is 125 Å². The fourth-order valence-corrected chi connectivity index (χ4v) is 6.93. The number of carbonyl (C=O) groups is 2. The molecule has 2 atom stereocenters. The van der Waals surface area contributed by atoms with Gasteiger partial charge < -0.3 is 14.8 Å². The molecule has 0 aliphatic rings. The maximum Gasteiger partial charge on any atom is 0.307 e. The van der Waals surface area contributed by atoms with Crippen LogP contribution in [-0.4, -0.2) is 37.9 Å². The lowest BCUT2D eigenvalue weighted by molar-refractivity contribution is -0.142. The molecule has 0 bridgehead atoms. The minimum absolute atomic E-state index is 0.120. The van der Waals surface area contributed by atoms with Crippen molar-refractivity contribution < 1.29 is 28.9 Å². The lowest BCUT2D eigenvalue weighted by Gasteiger charge is -2.18. The third kappa shape index (κ3) is 6.83. The van der Waals surface area contributed by atoms with Gasteiger partial charge in [-0.3, -0.25) is 19.1 Å². The lowest BCUT2D eigenvalue weighted by Crippen LogP contribution is -2.18. The molecule has 0 saturated heterocycles. The number of nitrogens with zero attached hydrogens (tertiary/aromatic N) is 1. The van der Waals surface area contributed by atoms with Gasteiger partial charge >= 0.3 is 11.9 Å². The normalized spacial score (nSPS) is 15.0. The van der Waals surface area contributed by atoms with Crippen molar-refractivity contribution in [2.45, 2.75) is 18.6 Å². The zero-order valence-corrected chi connectivity index (χ0v) is 14.0. The Kier molecular flexibility index (Phi) is 7.95. The molecule has 122 valence electrons. The number of hydrogen-bond acceptors (Lipinski definition) is 7. The second kappa shape index (κ2) is 9.19. The Bertz CT molecular complexity index is 556. The molecule has 10 heteroatoms. The Hall–Kier alpha value is -1.02. The second-order valence-corrected chi connectivity index (χ2v) is 12.3. The van der Waals surface area contributed by atoms with Gasteiger partial charge in [0.15, 0.2) is 0 Å². The Balaban J connectivity index is 2.67. The molecule has 22 heavy (non-hydrogen) atoms. The first-order chi connectivity index (χ1) is 10.4. The zero-order valence-electron chi connectivity index (χ0n) is 11.5. The van der Waals surface area contributed by atoms with Crippen LogP contribution in [-0.2, 0) is 19.9 Å². The molecule has 0 aliphatic carbocycles. The molecule has 2 unspecified atom stereocenters. The van der Waals surface area contributed by atoms with Crippen molar-refractivity contribution in [3.05, 3.63) is 30.1 Å². The molecule has 1 aromatic rings. The van der Waals surface area contributed by atoms with Crippen molar-refractivity contribution in [1.82, 2.24) is 4.98 Å². The second-order valence-electron chi connectivity index (χ2n) is 4.47. The van der Waals surface area contributed by atoms with Crippen LogP contribution in [0.5, 0.6) is 0 Å². The van der Waals surface area contributed by atoms with E-state index in [1.807, 2.05) is 0 Å². The van der Waals surface area contributed by atoms with Gasteiger partial charge in [-0.2, -0.15) is 0 Å². The van der Waals surface area contributed by atoms with Crippen LogP contribution in [0, 0.1) is 5.92 Å². The van der Waals surface area contributed by atoms with Gasteiger partial charge in [0.25, 0.3) is 0 Å². The molecule has 1 heterocycles. The van der Waals surface area contributed by atoms with Crippen LogP contribution in [0.25, 0.3) is 0 Å². The zero-order chi connectivity index (χ0) is 16.6. The number of rotatable bonds is 10. The third-order valence-corrected chi connectivity index (χ3v) is 9.55. The molecular weight excluding hydrogens is 349 g/mol. The first-order valence-corrected chi connectivity index (χ1v) is 11.1. The maximum absolute atomic E-state index is 12.6. The largest absolute Gasteiger partial charge is 0.481 e. The van der Waals surface area contributed by atoms with Crippen molar-refractivity contribution in [1.29, 1.82) is 0 Å². The quantitative estimate of drug-likeness (QED) is 0.423. The molecule has 7 nitrogen and oxygen atoms in total. The predicted molar refractivity (Wildman–Crippen MR) is 86.2 cm³/mol. The highest BCUT2D eigenvalue weighted by Gasteiger charge is 2.32. The number of aliphatic carboxylic acids is 2. The third-order valence-electron chi connectivity index (χ3n) is 2.80. The van der Waals surface area contributed by atoms with Crippen molar-refractivity contribution in [2.24, 2.45) is 5.92 Å². The SMILES string of the molecule is O=C(O)CCC(CP(=O)(SO)SCc1ccncc1)C(=O)O. The summed E-state index contributed by atoms with van der Waals surface area (Å²) in [4.78, 5) is 25.6. The smallest absolute Gasteiger partial charge is 0.307 e. The van der Waals surface area contributed by atoms with E-state index >= 15 is 0 Å². The molecule has 1 aromatic heterocycles. The fourth-order valence-electron chi connectivity index (χ4n) is 1.62. The summed E-state index contributed by atoms with van der Waals surface area (Å²) >= 11 is 1.15. The van der Waals surface area contributed by atoms with E-state index < -0.39 is 23.4 Å². The van der Waals surface area contributed by atoms with E-state index in [9.17, 15) is 18.7 Å². The molecule has 0 aromatic carbocycles. The minimum Gasteiger partial charge on any atom is -0.481 e. The summed E-state index contributed by atoms with van der Waals surface area (Å²) in [6.07, 6.45) is 2.47. The van der Waals surface area contributed by atoms with Crippen LogP contribution in [0.2, 0.25) is 0 Å². The van der Waals surface area contributed by atoms with E-state index in [-0.39, 0.29) is 30.7 Å². The summed E-state index contributed by atoms with van der Waals surface area (Å²) in [5, 5.41) is 17.7. The maximum atomic E-state index is 12.6. The standard InChI is InChI=1S/C12H16NO6PS2/c14-11(15)2-1-10(12(16)17)7-20(18,22-19)21-8-9-3-5-13-6-4-9/h3-6,10,19H,1-2,7-8H2,(H,14,15)(H,16,17). The summed E-state index contributed by atoms with van der Waals surface area (Å²) in [6.45, 7) is 0. The molecule has 0 saturated carbocycles. The average molecular weight is 365 g/mol. The van der Waals surface area contributed by atoms with Gasteiger partial charge in [-0.15, -0.1) is 0 Å². The van der Waals surface area contributed by atoms with Crippen molar-refractivity contribution >= 4 is 40.5 Å². The molecule has 0 fully saturated rings. The summed E-state index contributed by atoms with van der Waals surface area (Å²) < 4.78 is 21.8. The Labute approximate surface area is 135 Å². The van der Waals surface area contributed by atoms with Gasteiger partial charge in [-0.1, -0.05) is 11.4 Å². The highest BCUT2D eigenvalue weighted by molar-refractivity contribution is 8.89. The van der Waals surface area contributed by atoms with Crippen LogP contribution in [0.1, 0.15) is 18.4 Å². The number of carboxylic acid groups (broad SMARTS) is 2. The Morgan fingerprint density at radius 2 is 1.91 bits per heavy atom. The molecule has 1 rings (SSSR count). The average Bonchev–Trinajstić information content (AvgIpc) is 2.50. The molecule has 0 spiro atoms. The fraction of sp³-hybridized carbons (Fsp3) is 0.417. The number of pyridine rings is 1. The predicted octanol–water partition coefficient (Wildman–Crippen LogP) is 3.28. The van der Waals surface area contributed by atoms with Gasteiger partial charge in [-0.05, 0) is 24.1 Å². The molecule has 0 radical (unpaired) electrons. The van der Waals surface area contributed by atoms with E-state index in [1.54, 1.807) is 24.5 Å². The molecule has 0 aliphatic heterocycles. The van der Waals surface area contributed by atoms with E-state index in [2.05, 4.69) is 4.98 Å². The van der Waals surface area contributed by atoms with E-state index in [1.165, 1.54) is 0 Å². The highest BCUT2D eigenvalue weighted by Crippen LogP contribution is 2.69. The van der Waals surface area contributed by atoms with Crippen molar-refractivity contribution in [2.75, 3.05) is 6.16 Å². The monoisotopic (exact) mass is 365 g/mol. The Morgan fingerprint density at radius 3 is 2.41 bits per heavy atom. The van der Waals surface area contributed by atoms with Crippen LogP contribution in [0.15, 0.2) is 24.5 Å². The molecule has 3 N–H and O–H groups in total. The van der Waals surface area contributed by atoms with Crippen LogP contribution >= 0.6 is 28.6 Å². The summed E-state index contributed by atoms with van der Waals surface area (Å²) in [5.74, 6) is -3.03. The Morgan fingerprint density at radius 1 is 1.27 bits per heavy atom. The first-order valence-electron chi connectivity index (χ1n) is 6.26. The number of hydrogen-bond donors (Lipinski definition) is 3. The first kappa shape index (κ1) is 19.0. The van der Waals surface area contributed by atoms with E-state index in [0.717, 1.165) is 16.9 Å². The highest BCUT2D eigenvalue weighted by atomic mass is 33.1. The van der Waals surface area contributed by atoms with Gasteiger partial charge in [-0.25, -0.2) is 0 Å². The summed E-state index contributed by atoms with van der Waals surface area (Å²) in [7, 11) is 0. The summed E-state index contributed by atoms with van der Waals surface area (Å²) in [6, 6.07) is 3.47. The molecule has 0 amide bonds. The minimum atomic E-state index is -3.24. The van der Waals surface area contributed by atoms with E-state index in [0.29, 0.717) is 5.75 Å². The van der Waals surface area contributed by atoms with Gasteiger partial charge in [0.05, 0.1) is 17.6 Å². The van der Waals surface area contributed by atoms with Crippen LogP contribution in [0.3, 0.4) is 0 Å². The number of aromatic nitrogens is 1. The van der Waals surface area contributed by atoms with Gasteiger partial charge in [0, 0.05) is 30.7 Å². The lowest BCUT2D eigenvalue weighted by atomic mass is 10.1. The van der Waals surface area contributed by atoms with Crippen molar-refractivity contribution in [3.8, 4) is 0 Å². The van der Waals surface area contributed by atoms with Crippen LogP contribution < -0.4 is 0 Å². The van der Waals surface area contributed by atoms with Crippen LogP contribution in [0.4, 0.5) is 0 Å². The van der Waals surface area contributed by atoms with Gasteiger partial charge in [0.2, 0.25) is 5.55 Å². The van der Waals surface area contributed by atoms with Crippen molar-refractivity contribution in [3.63, 3.8) is 0 Å². The molecular formula is C12H16NO6PS2.